The molecule has 0 bridgehead atoms. The van der Waals surface area contributed by atoms with Crippen molar-refractivity contribution in [2.75, 3.05) is 31.1 Å². The summed E-state index contributed by atoms with van der Waals surface area (Å²) in [5, 5.41) is 4.76. The molecule has 6 nitrogen and oxygen atoms in total. The summed E-state index contributed by atoms with van der Waals surface area (Å²) in [6.45, 7) is 8.43. The molecule has 2 aromatic heterocycles. The SMILES string of the molecule is CC(C)(C)c1cc2nc(-c3ccccc3)cc(C(=O)N3CCN(c4ccccc4F)CC3)n2n1. The van der Waals surface area contributed by atoms with Crippen LogP contribution in [0, 0.1) is 5.82 Å². The van der Waals surface area contributed by atoms with Crippen LogP contribution in [0.25, 0.3) is 16.9 Å². The van der Waals surface area contributed by atoms with E-state index in [9.17, 15) is 9.18 Å². The molecule has 1 amide bonds. The number of hydrogen-bond acceptors (Lipinski definition) is 4. The summed E-state index contributed by atoms with van der Waals surface area (Å²) in [5.41, 5.74) is 4.10. The number of carbonyl (C=O) groups is 1. The molecule has 0 radical (unpaired) electrons. The second-order valence-corrected chi connectivity index (χ2v) is 9.67. The van der Waals surface area contributed by atoms with Gasteiger partial charge in [0.1, 0.15) is 11.5 Å². The van der Waals surface area contributed by atoms with E-state index in [1.165, 1.54) is 6.07 Å². The smallest absolute Gasteiger partial charge is 0.272 e. The Morgan fingerprint density at radius 3 is 2.26 bits per heavy atom. The maximum absolute atomic E-state index is 14.2. The Labute approximate surface area is 198 Å². The summed E-state index contributed by atoms with van der Waals surface area (Å²) in [4.78, 5) is 22.3. The zero-order chi connectivity index (χ0) is 23.9. The molecule has 1 aliphatic rings. The highest BCUT2D eigenvalue weighted by Crippen LogP contribution is 2.26. The molecule has 174 valence electrons. The highest BCUT2D eigenvalue weighted by Gasteiger charge is 2.27. The van der Waals surface area contributed by atoms with E-state index in [0.717, 1.165) is 17.0 Å². The third-order valence-corrected chi connectivity index (χ3v) is 6.24. The summed E-state index contributed by atoms with van der Waals surface area (Å²) in [7, 11) is 0. The van der Waals surface area contributed by atoms with Gasteiger partial charge in [-0.25, -0.2) is 13.9 Å². The fraction of sp³-hybridized carbons (Fsp3) is 0.296. The maximum atomic E-state index is 14.2. The van der Waals surface area contributed by atoms with Gasteiger partial charge in [-0.15, -0.1) is 0 Å². The van der Waals surface area contributed by atoms with Crippen LogP contribution in [-0.2, 0) is 5.41 Å². The summed E-state index contributed by atoms with van der Waals surface area (Å²) >= 11 is 0. The molecule has 0 spiro atoms. The number of halogens is 1. The molecule has 1 aliphatic heterocycles. The highest BCUT2D eigenvalue weighted by molar-refractivity contribution is 5.94. The molecule has 1 fully saturated rings. The van der Waals surface area contributed by atoms with Gasteiger partial charge in [-0.05, 0) is 18.2 Å². The van der Waals surface area contributed by atoms with Crippen LogP contribution >= 0.6 is 0 Å². The number of rotatable bonds is 3. The van der Waals surface area contributed by atoms with E-state index in [-0.39, 0.29) is 17.1 Å². The van der Waals surface area contributed by atoms with Gasteiger partial charge in [0, 0.05) is 43.2 Å². The average molecular weight is 458 g/mol. The quantitative estimate of drug-likeness (QED) is 0.444. The number of piperazine rings is 1. The van der Waals surface area contributed by atoms with E-state index in [2.05, 4.69) is 20.8 Å². The number of hydrogen-bond donors (Lipinski definition) is 0. The fourth-order valence-electron chi connectivity index (χ4n) is 4.27. The van der Waals surface area contributed by atoms with Crippen molar-refractivity contribution in [1.29, 1.82) is 0 Å². The van der Waals surface area contributed by atoms with Gasteiger partial charge in [0.25, 0.3) is 5.91 Å². The van der Waals surface area contributed by atoms with Gasteiger partial charge < -0.3 is 9.80 Å². The van der Waals surface area contributed by atoms with Gasteiger partial charge >= 0.3 is 0 Å². The Hall–Kier alpha value is -3.74. The van der Waals surface area contributed by atoms with Crippen LogP contribution in [0.15, 0.2) is 66.7 Å². The van der Waals surface area contributed by atoms with E-state index in [4.69, 9.17) is 10.1 Å². The Morgan fingerprint density at radius 2 is 1.59 bits per heavy atom. The van der Waals surface area contributed by atoms with Crippen molar-refractivity contribution in [3.8, 4) is 11.3 Å². The van der Waals surface area contributed by atoms with Crippen molar-refractivity contribution in [2.24, 2.45) is 0 Å². The van der Waals surface area contributed by atoms with Crippen LogP contribution in [0.1, 0.15) is 37.0 Å². The minimum absolute atomic E-state index is 0.0960. The van der Waals surface area contributed by atoms with E-state index in [1.54, 1.807) is 16.6 Å². The molecular formula is C27H28FN5O. The number of benzene rings is 2. The zero-order valence-corrected chi connectivity index (χ0v) is 19.7. The average Bonchev–Trinajstić information content (AvgIpc) is 3.29. The molecule has 0 aliphatic carbocycles. The van der Waals surface area contributed by atoms with Crippen molar-refractivity contribution in [3.63, 3.8) is 0 Å². The van der Waals surface area contributed by atoms with Crippen molar-refractivity contribution in [1.82, 2.24) is 19.5 Å². The lowest BCUT2D eigenvalue weighted by atomic mass is 9.93. The van der Waals surface area contributed by atoms with Gasteiger partial charge in [-0.1, -0.05) is 63.2 Å². The predicted octanol–water partition coefficient (Wildman–Crippen LogP) is 4.80. The van der Waals surface area contributed by atoms with Crippen LogP contribution in [0.3, 0.4) is 0 Å². The van der Waals surface area contributed by atoms with E-state index < -0.39 is 0 Å². The first-order chi connectivity index (χ1) is 16.3. The Kier molecular flexibility index (Phi) is 5.55. The summed E-state index contributed by atoms with van der Waals surface area (Å²) in [6.07, 6.45) is 0. The van der Waals surface area contributed by atoms with Crippen LogP contribution in [-0.4, -0.2) is 51.6 Å². The van der Waals surface area contributed by atoms with Crippen LogP contribution in [0.2, 0.25) is 0 Å². The van der Waals surface area contributed by atoms with E-state index in [1.807, 2.05) is 58.3 Å². The van der Waals surface area contributed by atoms with E-state index >= 15 is 0 Å². The van der Waals surface area contributed by atoms with Crippen molar-refractivity contribution < 1.29 is 9.18 Å². The molecule has 34 heavy (non-hydrogen) atoms. The third kappa shape index (κ3) is 4.14. The lowest BCUT2D eigenvalue weighted by Crippen LogP contribution is -2.49. The maximum Gasteiger partial charge on any atom is 0.272 e. The van der Waals surface area contributed by atoms with Crippen molar-refractivity contribution in [2.45, 2.75) is 26.2 Å². The number of fused-ring (bicyclic) bond motifs is 1. The van der Waals surface area contributed by atoms with Crippen LogP contribution in [0.4, 0.5) is 10.1 Å². The topological polar surface area (TPSA) is 53.7 Å². The van der Waals surface area contributed by atoms with Crippen molar-refractivity contribution in [3.05, 3.63) is 83.9 Å². The summed E-state index contributed by atoms with van der Waals surface area (Å²) in [5.74, 6) is -0.335. The lowest BCUT2D eigenvalue weighted by Gasteiger charge is -2.36. The first-order valence-corrected chi connectivity index (χ1v) is 11.6. The second kappa shape index (κ2) is 8.56. The van der Waals surface area contributed by atoms with Gasteiger partial charge in [0.15, 0.2) is 5.65 Å². The number of anilines is 1. The lowest BCUT2D eigenvalue weighted by molar-refractivity contribution is 0.0737. The fourth-order valence-corrected chi connectivity index (χ4v) is 4.27. The second-order valence-electron chi connectivity index (χ2n) is 9.67. The molecular weight excluding hydrogens is 429 g/mol. The molecule has 0 N–H and O–H groups in total. The molecule has 7 heteroatoms. The van der Waals surface area contributed by atoms with Crippen LogP contribution in [0.5, 0.6) is 0 Å². The van der Waals surface area contributed by atoms with Gasteiger partial charge in [0.2, 0.25) is 0 Å². The molecule has 1 saturated heterocycles. The number of amides is 1. The first-order valence-electron chi connectivity index (χ1n) is 11.6. The zero-order valence-electron chi connectivity index (χ0n) is 19.7. The largest absolute Gasteiger partial charge is 0.366 e. The highest BCUT2D eigenvalue weighted by atomic mass is 19.1. The minimum atomic E-state index is -0.239. The first kappa shape index (κ1) is 22.1. The van der Waals surface area contributed by atoms with Crippen molar-refractivity contribution >= 4 is 17.2 Å². The van der Waals surface area contributed by atoms with Gasteiger partial charge in [-0.2, -0.15) is 5.10 Å². The Balaban J connectivity index is 1.49. The minimum Gasteiger partial charge on any atom is -0.366 e. The molecule has 0 unspecified atom stereocenters. The summed E-state index contributed by atoms with van der Waals surface area (Å²) in [6, 6.07) is 20.4. The van der Waals surface area contributed by atoms with E-state index in [0.29, 0.717) is 43.2 Å². The normalized spacial score (nSPS) is 14.6. The monoisotopic (exact) mass is 457 g/mol. The Bertz CT molecular complexity index is 1330. The molecule has 5 rings (SSSR count). The predicted molar refractivity (Wildman–Crippen MR) is 132 cm³/mol. The number of para-hydroxylation sites is 1. The molecule has 3 heterocycles. The molecule has 0 saturated carbocycles. The Morgan fingerprint density at radius 1 is 0.912 bits per heavy atom. The standard InChI is InChI=1S/C27H28FN5O/c1-27(2,3)24-18-25-29-21(19-9-5-4-6-10-19)17-23(33(25)30-24)26(34)32-15-13-31(14-16-32)22-12-8-7-11-20(22)28/h4-12,17-18H,13-16H2,1-3H3. The number of nitrogens with zero attached hydrogens (tertiary/aromatic N) is 5. The number of aromatic nitrogens is 3. The van der Waals surface area contributed by atoms with Gasteiger partial charge in [-0.3, -0.25) is 4.79 Å². The van der Waals surface area contributed by atoms with Crippen LogP contribution < -0.4 is 4.90 Å². The third-order valence-electron chi connectivity index (χ3n) is 6.24. The molecule has 2 aromatic carbocycles. The van der Waals surface area contributed by atoms with Gasteiger partial charge in [0.05, 0.1) is 17.1 Å². The summed E-state index contributed by atoms with van der Waals surface area (Å²) < 4.78 is 15.9. The molecule has 0 atom stereocenters. The number of carbonyl (C=O) groups excluding carboxylic acids is 1. The molecule has 4 aromatic rings.